The number of carbonyl (C=O) groups is 1. The molecule has 0 aliphatic heterocycles. The quantitative estimate of drug-likeness (QED) is 0.575. The van der Waals surface area contributed by atoms with Crippen LogP contribution >= 0.6 is 0 Å². The summed E-state index contributed by atoms with van der Waals surface area (Å²) in [6.07, 6.45) is 1.92. The first-order valence-electron chi connectivity index (χ1n) is 9.94. The van der Waals surface area contributed by atoms with Gasteiger partial charge in [0, 0.05) is 5.56 Å². The Morgan fingerprint density at radius 3 is 2.35 bits per heavy atom. The van der Waals surface area contributed by atoms with Gasteiger partial charge in [0.2, 0.25) is 27.6 Å². The third-order valence-electron chi connectivity index (χ3n) is 4.88. The Hall–Kier alpha value is -3.20. The maximum absolute atomic E-state index is 12.7. The summed E-state index contributed by atoms with van der Waals surface area (Å²) in [5.74, 6) is 0.181. The van der Waals surface area contributed by atoms with E-state index in [-0.39, 0.29) is 12.4 Å². The monoisotopic (exact) mass is 442 g/mol. The molecule has 0 fully saturated rings. The number of benzene rings is 2. The van der Waals surface area contributed by atoms with Gasteiger partial charge in [-0.3, -0.25) is 9.10 Å². The summed E-state index contributed by atoms with van der Waals surface area (Å²) in [5, 5.41) is 6.61. The van der Waals surface area contributed by atoms with E-state index in [1.54, 1.807) is 12.1 Å². The van der Waals surface area contributed by atoms with Gasteiger partial charge >= 0.3 is 0 Å². The lowest BCUT2D eigenvalue weighted by Gasteiger charge is -2.28. The van der Waals surface area contributed by atoms with E-state index in [1.807, 2.05) is 50.2 Å². The number of rotatable bonds is 8. The maximum Gasteiger partial charge on any atom is 0.246 e. The van der Waals surface area contributed by atoms with E-state index < -0.39 is 22.0 Å². The molecule has 0 aliphatic rings. The van der Waals surface area contributed by atoms with E-state index in [1.165, 1.54) is 6.92 Å². The van der Waals surface area contributed by atoms with E-state index >= 15 is 0 Å². The molecule has 3 aromatic rings. The molecule has 1 N–H and O–H groups in total. The van der Waals surface area contributed by atoms with Gasteiger partial charge in [0.05, 0.1) is 18.5 Å². The fourth-order valence-electron chi connectivity index (χ4n) is 3.14. The fraction of sp³-hybridized carbons (Fsp3) is 0.318. The Bertz CT molecular complexity index is 1140. The fourth-order valence-corrected chi connectivity index (χ4v) is 4.32. The first-order valence-corrected chi connectivity index (χ1v) is 11.8. The van der Waals surface area contributed by atoms with Crippen molar-refractivity contribution in [3.8, 4) is 11.4 Å². The normalized spacial score (nSPS) is 12.4. The molecule has 31 heavy (non-hydrogen) atoms. The second kappa shape index (κ2) is 9.30. The number of aromatic nitrogens is 2. The molecule has 1 atom stereocenters. The van der Waals surface area contributed by atoms with Gasteiger partial charge in [-0.1, -0.05) is 54.0 Å². The minimum atomic E-state index is -3.68. The van der Waals surface area contributed by atoms with Crippen molar-refractivity contribution in [2.24, 2.45) is 0 Å². The van der Waals surface area contributed by atoms with Crippen LogP contribution in [0.4, 0.5) is 5.69 Å². The molecule has 0 saturated carbocycles. The van der Waals surface area contributed by atoms with Gasteiger partial charge in [0.15, 0.2) is 0 Å². The van der Waals surface area contributed by atoms with E-state index in [0.717, 1.165) is 33.7 Å². The molecular formula is C22H26N4O4S. The van der Waals surface area contributed by atoms with Crippen LogP contribution in [0.3, 0.4) is 0 Å². The van der Waals surface area contributed by atoms with Gasteiger partial charge in [0.1, 0.15) is 6.04 Å². The molecule has 2 aromatic carbocycles. The Balaban J connectivity index is 1.70. The van der Waals surface area contributed by atoms with Crippen molar-refractivity contribution >= 4 is 21.6 Å². The van der Waals surface area contributed by atoms with E-state index in [9.17, 15) is 13.2 Å². The molecule has 3 rings (SSSR count). The zero-order chi connectivity index (χ0) is 22.6. The van der Waals surface area contributed by atoms with Gasteiger partial charge in [-0.25, -0.2) is 8.42 Å². The molecule has 0 bridgehead atoms. The molecule has 0 spiro atoms. The highest BCUT2D eigenvalue weighted by Gasteiger charge is 2.29. The molecule has 164 valence electrons. The van der Waals surface area contributed by atoms with Crippen molar-refractivity contribution < 1.29 is 17.7 Å². The summed E-state index contributed by atoms with van der Waals surface area (Å²) in [7, 11) is -3.68. The molecule has 1 unspecified atom stereocenters. The van der Waals surface area contributed by atoms with Crippen molar-refractivity contribution in [3.05, 3.63) is 65.5 Å². The standard InChI is InChI=1S/C22H26N4O4S/c1-5-17-8-12-19(13-9-17)26(31(4,28)29)16(3)22(27)23-14-20-24-21(25-30-20)18-10-6-15(2)7-11-18/h6-13,16H,5,14H2,1-4H3,(H,23,27). The number of anilines is 1. The lowest BCUT2D eigenvalue weighted by Crippen LogP contribution is -2.47. The largest absolute Gasteiger partial charge is 0.345 e. The van der Waals surface area contributed by atoms with Crippen LogP contribution < -0.4 is 9.62 Å². The number of amides is 1. The number of sulfonamides is 1. The molecule has 1 amide bonds. The third-order valence-corrected chi connectivity index (χ3v) is 6.12. The average Bonchev–Trinajstić information content (AvgIpc) is 3.21. The van der Waals surface area contributed by atoms with E-state index in [4.69, 9.17) is 4.52 Å². The van der Waals surface area contributed by atoms with Crippen LogP contribution in [0.1, 0.15) is 30.9 Å². The first-order chi connectivity index (χ1) is 14.7. The smallest absolute Gasteiger partial charge is 0.246 e. The van der Waals surface area contributed by atoms with Crippen molar-refractivity contribution in [2.75, 3.05) is 10.6 Å². The summed E-state index contributed by atoms with van der Waals surface area (Å²) in [4.78, 5) is 17.0. The van der Waals surface area contributed by atoms with E-state index in [0.29, 0.717) is 11.5 Å². The van der Waals surface area contributed by atoms with E-state index in [2.05, 4.69) is 15.5 Å². The summed E-state index contributed by atoms with van der Waals surface area (Å²) in [5.41, 5.74) is 3.43. The average molecular weight is 443 g/mol. The number of hydrogen-bond donors (Lipinski definition) is 1. The first kappa shape index (κ1) is 22.5. The van der Waals surface area contributed by atoms with Crippen LogP contribution in [0.5, 0.6) is 0 Å². The SMILES string of the molecule is CCc1ccc(N(C(C)C(=O)NCc2nc(-c3ccc(C)cc3)no2)S(C)(=O)=O)cc1. The Morgan fingerprint density at radius 1 is 1.13 bits per heavy atom. The van der Waals surface area contributed by atoms with Gasteiger partial charge < -0.3 is 9.84 Å². The number of nitrogens with zero attached hydrogens (tertiary/aromatic N) is 3. The molecule has 9 heteroatoms. The van der Waals surface area contributed by atoms with Gasteiger partial charge in [-0.05, 0) is 38.0 Å². The number of aryl methyl sites for hydroxylation is 2. The second-order valence-electron chi connectivity index (χ2n) is 7.35. The van der Waals surface area contributed by atoms with Crippen LogP contribution in [-0.2, 0) is 27.8 Å². The Morgan fingerprint density at radius 2 is 1.77 bits per heavy atom. The molecule has 1 heterocycles. The summed E-state index contributed by atoms with van der Waals surface area (Å²) < 4.78 is 31.1. The number of carbonyl (C=O) groups excluding carboxylic acids is 1. The topological polar surface area (TPSA) is 105 Å². The lowest BCUT2D eigenvalue weighted by molar-refractivity contribution is -0.122. The van der Waals surface area contributed by atoms with Crippen LogP contribution in [0.15, 0.2) is 53.1 Å². The predicted octanol–water partition coefficient (Wildman–Crippen LogP) is 3.08. The zero-order valence-electron chi connectivity index (χ0n) is 18.0. The third kappa shape index (κ3) is 5.49. The van der Waals surface area contributed by atoms with Crippen LogP contribution in [-0.4, -0.2) is 36.8 Å². The minimum Gasteiger partial charge on any atom is -0.345 e. The van der Waals surface area contributed by atoms with Crippen molar-refractivity contribution in [2.45, 2.75) is 39.8 Å². The molecule has 1 aromatic heterocycles. The van der Waals surface area contributed by atoms with Gasteiger partial charge in [0.25, 0.3) is 0 Å². The highest BCUT2D eigenvalue weighted by molar-refractivity contribution is 7.92. The maximum atomic E-state index is 12.7. The molecule has 8 nitrogen and oxygen atoms in total. The van der Waals surface area contributed by atoms with Crippen molar-refractivity contribution in [1.82, 2.24) is 15.5 Å². The predicted molar refractivity (Wildman–Crippen MR) is 119 cm³/mol. The zero-order valence-corrected chi connectivity index (χ0v) is 18.8. The molecule has 0 aliphatic carbocycles. The summed E-state index contributed by atoms with van der Waals surface area (Å²) in [6, 6.07) is 13.8. The van der Waals surface area contributed by atoms with Crippen molar-refractivity contribution in [1.29, 1.82) is 0 Å². The Labute approximate surface area is 182 Å². The van der Waals surface area contributed by atoms with Crippen LogP contribution in [0.2, 0.25) is 0 Å². The molecule has 0 saturated heterocycles. The number of nitrogens with one attached hydrogen (secondary N) is 1. The molecular weight excluding hydrogens is 416 g/mol. The summed E-state index contributed by atoms with van der Waals surface area (Å²) >= 11 is 0. The number of hydrogen-bond acceptors (Lipinski definition) is 6. The van der Waals surface area contributed by atoms with Crippen molar-refractivity contribution in [3.63, 3.8) is 0 Å². The highest BCUT2D eigenvalue weighted by atomic mass is 32.2. The van der Waals surface area contributed by atoms with Crippen LogP contribution in [0, 0.1) is 6.92 Å². The Kier molecular flexibility index (Phi) is 6.74. The van der Waals surface area contributed by atoms with Gasteiger partial charge in [-0.15, -0.1) is 0 Å². The lowest BCUT2D eigenvalue weighted by atomic mass is 10.1. The summed E-state index contributed by atoms with van der Waals surface area (Å²) in [6.45, 7) is 5.53. The minimum absolute atomic E-state index is 0.00555. The highest BCUT2D eigenvalue weighted by Crippen LogP contribution is 2.22. The van der Waals surface area contributed by atoms with Gasteiger partial charge in [-0.2, -0.15) is 4.98 Å². The molecule has 0 radical (unpaired) electrons. The van der Waals surface area contributed by atoms with Crippen LogP contribution in [0.25, 0.3) is 11.4 Å². The second-order valence-corrected chi connectivity index (χ2v) is 9.21.